The average molecular weight is 384 g/mol. The number of para-hydroxylation sites is 1. The van der Waals surface area contributed by atoms with Crippen LogP contribution in [0.15, 0.2) is 54.6 Å². The normalized spacial score (nSPS) is 15.0. The SMILES string of the molecule is O=C(OC(C(=O)N1CCOCC1)c1ccccc1)c1ccccc1NCCO. The van der Waals surface area contributed by atoms with E-state index in [1.165, 1.54) is 0 Å². The number of rotatable bonds is 7. The summed E-state index contributed by atoms with van der Waals surface area (Å²) in [5, 5.41) is 12.0. The number of hydrogen-bond acceptors (Lipinski definition) is 6. The van der Waals surface area contributed by atoms with Crippen LogP contribution in [0.1, 0.15) is 22.0 Å². The minimum absolute atomic E-state index is 0.0639. The number of amides is 1. The van der Waals surface area contributed by atoms with Crippen LogP contribution < -0.4 is 5.32 Å². The first-order valence-corrected chi connectivity index (χ1v) is 9.27. The summed E-state index contributed by atoms with van der Waals surface area (Å²) in [5.74, 6) is -0.861. The molecule has 0 aliphatic carbocycles. The highest BCUT2D eigenvalue weighted by atomic mass is 16.5. The maximum absolute atomic E-state index is 13.1. The van der Waals surface area contributed by atoms with Gasteiger partial charge in [-0.25, -0.2) is 4.79 Å². The smallest absolute Gasteiger partial charge is 0.341 e. The predicted octanol–water partition coefficient (Wildman–Crippen LogP) is 1.85. The van der Waals surface area contributed by atoms with Gasteiger partial charge in [-0.15, -0.1) is 0 Å². The standard InChI is InChI=1S/C21H24N2O5/c24-13-10-22-18-9-5-4-8-17(18)21(26)28-19(16-6-2-1-3-7-16)20(25)23-11-14-27-15-12-23/h1-9,19,22,24H,10-15H2. The van der Waals surface area contributed by atoms with Gasteiger partial charge in [-0.3, -0.25) is 4.79 Å². The van der Waals surface area contributed by atoms with Gasteiger partial charge in [0.2, 0.25) is 6.10 Å². The number of morpholine rings is 1. The summed E-state index contributed by atoms with van der Waals surface area (Å²) in [6, 6.07) is 15.9. The molecule has 0 radical (unpaired) electrons. The first-order valence-electron chi connectivity index (χ1n) is 9.27. The van der Waals surface area contributed by atoms with Crippen LogP contribution in [0.25, 0.3) is 0 Å². The molecule has 2 aromatic carbocycles. The number of nitrogens with zero attached hydrogens (tertiary/aromatic N) is 1. The molecular formula is C21H24N2O5. The van der Waals surface area contributed by atoms with E-state index in [4.69, 9.17) is 14.6 Å². The Morgan fingerprint density at radius 1 is 1.07 bits per heavy atom. The Labute approximate surface area is 163 Å². The van der Waals surface area contributed by atoms with Gasteiger partial charge in [-0.05, 0) is 12.1 Å². The number of carbonyl (C=O) groups excluding carboxylic acids is 2. The van der Waals surface area contributed by atoms with Crippen LogP contribution in [0.3, 0.4) is 0 Å². The first-order chi connectivity index (χ1) is 13.7. The molecule has 1 amide bonds. The summed E-state index contributed by atoms with van der Waals surface area (Å²) in [7, 11) is 0. The average Bonchev–Trinajstić information content (AvgIpc) is 2.77. The fourth-order valence-electron chi connectivity index (χ4n) is 3.01. The fourth-order valence-corrected chi connectivity index (χ4v) is 3.01. The molecule has 1 unspecified atom stereocenters. The van der Waals surface area contributed by atoms with Crippen molar-refractivity contribution < 1.29 is 24.2 Å². The molecule has 7 nitrogen and oxygen atoms in total. The molecule has 0 spiro atoms. The van der Waals surface area contributed by atoms with Gasteiger partial charge in [0.05, 0.1) is 25.4 Å². The summed E-state index contributed by atoms with van der Waals surface area (Å²) in [5.41, 5.74) is 1.48. The molecule has 2 N–H and O–H groups in total. The minimum Gasteiger partial charge on any atom is -0.444 e. The Kier molecular flexibility index (Phi) is 7.00. The van der Waals surface area contributed by atoms with Crippen molar-refractivity contribution in [3.05, 3.63) is 65.7 Å². The second-order valence-corrected chi connectivity index (χ2v) is 6.33. The maximum atomic E-state index is 13.1. The molecule has 28 heavy (non-hydrogen) atoms. The largest absolute Gasteiger partial charge is 0.444 e. The molecule has 148 valence electrons. The highest BCUT2D eigenvalue weighted by Gasteiger charge is 2.31. The summed E-state index contributed by atoms with van der Waals surface area (Å²) >= 11 is 0. The van der Waals surface area contributed by atoms with Crippen LogP contribution in [-0.2, 0) is 14.3 Å². The van der Waals surface area contributed by atoms with E-state index in [1.807, 2.05) is 6.07 Å². The van der Waals surface area contributed by atoms with Gasteiger partial charge in [0, 0.05) is 30.9 Å². The molecule has 1 saturated heterocycles. The van der Waals surface area contributed by atoms with Crippen LogP contribution in [0.2, 0.25) is 0 Å². The summed E-state index contributed by atoms with van der Waals surface area (Å²) in [6.45, 7) is 2.11. The number of anilines is 1. The molecule has 2 aromatic rings. The van der Waals surface area contributed by atoms with Gasteiger partial charge in [-0.2, -0.15) is 0 Å². The van der Waals surface area contributed by atoms with Crippen LogP contribution in [0.5, 0.6) is 0 Å². The summed E-state index contributed by atoms with van der Waals surface area (Å²) < 4.78 is 11.0. The van der Waals surface area contributed by atoms with Gasteiger partial charge in [0.1, 0.15) is 0 Å². The second kappa shape index (κ2) is 9.87. The van der Waals surface area contributed by atoms with Crippen molar-refractivity contribution >= 4 is 17.6 Å². The molecule has 3 rings (SSSR count). The Morgan fingerprint density at radius 2 is 1.75 bits per heavy atom. The maximum Gasteiger partial charge on any atom is 0.341 e. The van der Waals surface area contributed by atoms with E-state index < -0.39 is 12.1 Å². The number of benzene rings is 2. The van der Waals surface area contributed by atoms with Gasteiger partial charge >= 0.3 is 5.97 Å². The molecule has 1 aliphatic rings. The Bertz CT molecular complexity index is 790. The van der Waals surface area contributed by atoms with E-state index >= 15 is 0 Å². The van der Waals surface area contributed by atoms with E-state index in [1.54, 1.807) is 53.4 Å². The highest BCUT2D eigenvalue weighted by molar-refractivity contribution is 5.97. The molecule has 0 aromatic heterocycles. The van der Waals surface area contributed by atoms with Crippen molar-refractivity contribution in [1.29, 1.82) is 0 Å². The number of aliphatic hydroxyl groups excluding tert-OH is 1. The van der Waals surface area contributed by atoms with E-state index in [0.29, 0.717) is 49.7 Å². The monoisotopic (exact) mass is 384 g/mol. The first kappa shape index (κ1) is 19.9. The third-order valence-electron chi connectivity index (χ3n) is 4.45. The number of nitrogens with one attached hydrogen (secondary N) is 1. The van der Waals surface area contributed by atoms with Crippen molar-refractivity contribution in [1.82, 2.24) is 4.90 Å². The zero-order valence-corrected chi connectivity index (χ0v) is 15.5. The third kappa shape index (κ3) is 4.88. The highest BCUT2D eigenvalue weighted by Crippen LogP contribution is 2.25. The quantitative estimate of drug-likeness (QED) is 0.709. The lowest BCUT2D eigenvalue weighted by molar-refractivity contribution is -0.145. The second-order valence-electron chi connectivity index (χ2n) is 6.33. The fraction of sp³-hybridized carbons (Fsp3) is 0.333. The van der Waals surface area contributed by atoms with E-state index in [9.17, 15) is 9.59 Å². The molecule has 1 heterocycles. The Hall–Kier alpha value is -2.90. The van der Waals surface area contributed by atoms with Gasteiger partial charge in [0.15, 0.2) is 0 Å². The van der Waals surface area contributed by atoms with Crippen molar-refractivity contribution in [3.8, 4) is 0 Å². The van der Waals surface area contributed by atoms with E-state index in [0.717, 1.165) is 0 Å². The molecule has 1 fully saturated rings. The Morgan fingerprint density at radius 3 is 2.46 bits per heavy atom. The molecular weight excluding hydrogens is 360 g/mol. The minimum atomic E-state index is -1.03. The van der Waals surface area contributed by atoms with E-state index in [2.05, 4.69) is 5.32 Å². The predicted molar refractivity (Wildman–Crippen MR) is 104 cm³/mol. The van der Waals surface area contributed by atoms with Crippen molar-refractivity contribution in [2.75, 3.05) is 44.8 Å². The molecule has 1 atom stereocenters. The van der Waals surface area contributed by atoms with Crippen LogP contribution in [-0.4, -0.2) is 61.3 Å². The van der Waals surface area contributed by atoms with Gasteiger partial charge in [-0.1, -0.05) is 42.5 Å². The third-order valence-corrected chi connectivity index (χ3v) is 4.45. The topological polar surface area (TPSA) is 88.1 Å². The number of hydrogen-bond donors (Lipinski definition) is 2. The Balaban J connectivity index is 1.83. The lowest BCUT2D eigenvalue weighted by Crippen LogP contribution is -2.44. The summed E-state index contributed by atoms with van der Waals surface area (Å²) in [4.78, 5) is 27.6. The molecule has 0 bridgehead atoms. The lowest BCUT2D eigenvalue weighted by atomic mass is 10.1. The van der Waals surface area contributed by atoms with Crippen LogP contribution in [0.4, 0.5) is 5.69 Å². The zero-order valence-electron chi connectivity index (χ0n) is 15.5. The molecule has 0 saturated carbocycles. The van der Waals surface area contributed by atoms with Crippen molar-refractivity contribution in [2.24, 2.45) is 0 Å². The summed E-state index contributed by atoms with van der Waals surface area (Å²) in [6.07, 6.45) is -1.03. The van der Waals surface area contributed by atoms with Gasteiger partial charge in [0.25, 0.3) is 5.91 Å². The van der Waals surface area contributed by atoms with Crippen molar-refractivity contribution in [2.45, 2.75) is 6.10 Å². The number of ether oxygens (including phenoxy) is 2. The van der Waals surface area contributed by atoms with Gasteiger partial charge < -0.3 is 24.8 Å². The van der Waals surface area contributed by atoms with E-state index in [-0.39, 0.29) is 12.5 Å². The van der Waals surface area contributed by atoms with Crippen molar-refractivity contribution in [3.63, 3.8) is 0 Å². The van der Waals surface area contributed by atoms with Crippen LogP contribution in [0, 0.1) is 0 Å². The molecule has 1 aliphatic heterocycles. The van der Waals surface area contributed by atoms with Crippen LogP contribution >= 0.6 is 0 Å². The lowest BCUT2D eigenvalue weighted by Gasteiger charge is -2.30. The molecule has 7 heteroatoms. The number of aliphatic hydroxyl groups is 1. The number of esters is 1. The zero-order chi connectivity index (χ0) is 19.8. The number of carbonyl (C=O) groups is 2.